The van der Waals surface area contributed by atoms with Crippen LogP contribution in [0.25, 0.3) is 0 Å². The fourth-order valence-corrected chi connectivity index (χ4v) is 2.55. The molecule has 4 heteroatoms. The molecule has 0 saturated carbocycles. The lowest BCUT2D eigenvalue weighted by molar-refractivity contribution is -0.106. The zero-order valence-electron chi connectivity index (χ0n) is 11.5. The van der Waals surface area contributed by atoms with E-state index >= 15 is 0 Å². The van der Waals surface area contributed by atoms with E-state index in [4.69, 9.17) is 10.1 Å². The maximum Gasteiger partial charge on any atom is 0.267 e. The fourth-order valence-electron chi connectivity index (χ4n) is 2.55. The number of amides is 1. The third-order valence-corrected chi connectivity index (χ3v) is 3.67. The average molecular weight is 256 g/mol. The summed E-state index contributed by atoms with van der Waals surface area (Å²) in [5.41, 5.74) is 6.95. The summed E-state index contributed by atoms with van der Waals surface area (Å²) >= 11 is 0. The van der Waals surface area contributed by atoms with E-state index in [-0.39, 0.29) is 6.41 Å². The van der Waals surface area contributed by atoms with Crippen molar-refractivity contribution < 1.29 is 4.79 Å². The van der Waals surface area contributed by atoms with Crippen LogP contribution in [-0.4, -0.2) is 13.1 Å². The minimum absolute atomic E-state index is 0.250. The number of nitrogens with two attached hydrogens (primary N) is 1. The first-order valence-electron chi connectivity index (χ1n) is 6.80. The molecule has 2 N–H and O–H groups in total. The SMILES string of the molecule is Cc1ccc(CC2CCB(C#N)CC2)cc1.NC=O. The summed E-state index contributed by atoms with van der Waals surface area (Å²) < 4.78 is 0. The van der Waals surface area contributed by atoms with Gasteiger partial charge < -0.3 is 5.73 Å². The Balaban J connectivity index is 0.000000550. The molecule has 1 aliphatic rings. The lowest BCUT2D eigenvalue weighted by Gasteiger charge is -2.23. The van der Waals surface area contributed by atoms with Gasteiger partial charge in [-0.3, -0.25) is 4.79 Å². The molecule has 1 aromatic rings. The van der Waals surface area contributed by atoms with Crippen LogP contribution < -0.4 is 5.73 Å². The van der Waals surface area contributed by atoms with Crippen LogP contribution in [0.15, 0.2) is 24.3 Å². The van der Waals surface area contributed by atoms with Crippen LogP contribution in [0.5, 0.6) is 0 Å². The fraction of sp³-hybridized carbons (Fsp3) is 0.467. The topological polar surface area (TPSA) is 66.9 Å². The van der Waals surface area contributed by atoms with Crippen LogP contribution in [0, 0.1) is 24.1 Å². The van der Waals surface area contributed by atoms with E-state index in [0.29, 0.717) is 6.71 Å². The normalized spacial score (nSPS) is 15.1. The summed E-state index contributed by atoms with van der Waals surface area (Å²) in [6.07, 6.45) is 6.11. The van der Waals surface area contributed by atoms with E-state index in [0.717, 1.165) is 18.6 Å². The van der Waals surface area contributed by atoms with Crippen molar-refractivity contribution in [2.45, 2.75) is 38.8 Å². The highest BCUT2D eigenvalue weighted by Gasteiger charge is 2.23. The Labute approximate surface area is 115 Å². The number of aryl methyl sites for hydroxylation is 1. The van der Waals surface area contributed by atoms with Crippen molar-refractivity contribution in [3.8, 4) is 5.97 Å². The number of carbonyl (C=O) groups excluding carboxylic acids is 1. The molecule has 3 nitrogen and oxygen atoms in total. The van der Waals surface area contributed by atoms with Crippen molar-refractivity contribution in [1.29, 1.82) is 5.26 Å². The van der Waals surface area contributed by atoms with Crippen LogP contribution >= 0.6 is 0 Å². The molecule has 19 heavy (non-hydrogen) atoms. The van der Waals surface area contributed by atoms with Crippen molar-refractivity contribution in [2.75, 3.05) is 0 Å². The second kappa shape index (κ2) is 8.36. The third-order valence-electron chi connectivity index (χ3n) is 3.67. The Morgan fingerprint density at radius 2 is 1.89 bits per heavy atom. The lowest BCUT2D eigenvalue weighted by atomic mass is 9.41. The van der Waals surface area contributed by atoms with Gasteiger partial charge in [0.05, 0.1) is 0 Å². The number of benzene rings is 1. The minimum atomic E-state index is 0.250. The maximum atomic E-state index is 8.85. The Kier molecular flexibility index (Phi) is 6.74. The van der Waals surface area contributed by atoms with Crippen LogP contribution in [0.4, 0.5) is 0 Å². The molecule has 1 fully saturated rings. The molecule has 0 unspecified atom stereocenters. The highest BCUT2D eigenvalue weighted by Crippen LogP contribution is 2.27. The van der Waals surface area contributed by atoms with E-state index in [1.807, 2.05) is 0 Å². The standard InChI is InChI=1S/C14H18BN.CH3NO/c1-12-2-4-13(5-3-12)10-14-6-8-15(11-16)9-7-14;2-1-3/h2-5,14H,6-10H2,1H3;1H,(H2,2,3). The molecule has 0 aromatic heterocycles. The van der Waals surface area contributed by atoms with Gasteiger partial charge in [0.1, 0.15) is 0 Å². The predicted molar refractivity (Wildman–Crippen MR) is 78.8 cm³/mol. The molecule has 1 aliphatic heterocycles. The number of rotatable bonds is 2. The zero-order chi connectivity index (χ0) is 14.1. The summed E-state index contributed by atoms with van der Waals surface area (Å²) in [5, 5.41) is 8.85. The maximum absolute atomic E-state index is 8.85. The summed E-state index contributed by atoms with van der Waals surface area (Å²) in [4.78, 5) is 8.58. The molecule has 1 heterocycles. The Morgan fingerprint density at radius 3 is 2.37 bits per heavy atom. The molecule has 0 radical (unpaired) electrons. The molecule has 0 aliphatic carbocycles. The molecule has 1 amide bonds. The van der Waals surface area contributed by atoms with E-state index in [1.54, 1.807) is 0 Å². The summed E-state index contributed by atoms with van der Waals surface area (Å²) in [7, 11) is 0. The van der Waals surface area contributed by atoms with E-state index in [2.05, 4.69) is 42.9 Å². The smallest absolute Gasteiger partial charge is 0.267 e. The minimum Gasteiger partial charge on any atom is -0.372 e. The molecule has 0 atom stereocenters. The molecule has 1 aromatic carbocycles. The van der Waals surface area contributed by atoms with Gasteiger partial charge in [-0.2, -0.15) is 0 Å². The van der Waals surface area contributed by atoms with Crippen molar-refractivity contribution in [1.82, 2.24) is 0 Å². The van der Waals surface area contributed by atoms with Crippen LogP contribution in [0.1, 0.15) is 24.0 Å². The quantitative estimate of drug-likeness (QED) is 0.652. The number of carbonyl (C=O) groups is 1. The third kappa shape index (κ3) is 5.61. The van der Waals surface area contributed by atoms with Crippen molar-refractivity contribution in [3.05, 3.63) is 35.4 Å². The molecular formula is C15H21BN2O. The summed E-state index contributed by atoms with van der Waals surface area (Å²) in [6, 6.07) is 8.86. The van der Waals surface area contributed by atoms with Crippen LogP contribution in [0.3, 0.4) is 0 Å². The Hall–Kier alpha value is -1.76. The molecule has 1 saturated heterocycles. The summed E-state index contributed by atoms with van der Waals surface area (Å²) in [5.74, 6) is 3.19. The zero-order valence-corrected chi connectivity index (χ0v) is 11.5. The highest BCUT2D eigenvalue weighted by atomic mass is 16.1. The van der Waals surface area contributed by atoms with Gasteiger partial charge in [-0.05, 0) is 24.8 Å². The molecule has 0 bridgehead atoms. The van der Waals surface area contributed by atoms with E-state index < -0.39 is 0 Å². The van der Waals surface area contributed by atoms with Gasteiger partial charge >= 0.3 is 0 Å². The van der Waals surface area contributed by atoms with Gasteiger partial charge in [-0.1, -0.05) is 55.3 Å². The molecular weight excluding hydrogens is 235 g/mol. The molecule has 100 valence electrons. The number of hydrogen-bond donors (Lipinski definition) is 1. The largest absolute Gasteiger partial charge is 0.372 e. The van der Waals surface area contributed by atoms with E-state index in [9.17, 15) is 0 Å². The van der Waals surface area contributed by atoms with Gasteiger partial charge in [-0.25, -0.2) is 5.26 Å². The Morgan fingerprint density at radius 1 is 1.37 bits per heavy atom. The number of hydrogen-bond acceptors (Lipinski definition) is 2. The number of nitrogens with zero attached hydrogens (tertiary/aromatic N) is 1. The van der Waals surface area contributed by atoms with Gasteiger partial charge in [-0.15, -0.1) is 0 Å². The van der Waals surface area contributed by atoms with Crippen LogP contribution in [-0.2, 0) is 11.2 Å². The first-order valence-corrected chi connectivity index (χ1v) is 6.80. The van der Waals surface area contributed by atoms with Gasteiger partial charge in [0, 0.05) is 5.97 Å². The second-order valence-electron chi connectivity index (χ2n) is 5.17. The second-order valence-corrected chi connectivity index (χ2v) is 5.17. The van der Waals surface area contributed by atoms with Crippen molar-refractivity contribution in [2.24, 2.45) is 11.7 Å². The van der Waals surface area contributed by atoms with Gasteiger partial charge in [0.15, 0.2) is 0 Å². The first-order chi connectivity index (χ1) is 9.19. The van der Waals surface area contributed by atoms with Crippen molar-refractivity contribution in [3.63, 3.8) is 0 Å². The Bertz CT molecular complexity index is 417. The van der Waals surface area contributed by atoms with Gasteiger partial charge in [0.2, 0.25) is 6.41 Å². The number of primary amides is 1. The van der Waals surface area contributed by atoms with Gasteiger partial charge in [0.25, 0.3) is 6.71 Å². The monoisotopic (exact) mass is 256 g/mol. The number of nitriles is 1. The first kappa shape index (κ1) is 15.3. The molecule has 0 spiro atoms. The lowest BCUT2D eigenvalue weighted by Crippen LogP contribution is -2.21. The van der Waals surface area contributed by atoms with Crippen molar-refractivity contribution >= 4 is 13.1 Å². The predicted octanol–water partition coefficient (Wildman–Crippen LogP) is 2.61. The van der Waals surface area contributed by atoms with E-state index in [1.165, 1.54) is 30.4 Å². The summed E-state index contributed by atoms with van der Waals surface area (Å²) in [6.45, 7) is 2.45. The van der Waals surface area contributed by atoms with Crippen LogP contribution in [0.2, 0.25) is 12.6 Å². The highest BCUT2D eigenvalue weighted by molar-refractivity contribution is 6.67. The average Bonchev–Trinajstić information content (AvgIpc) is 2.43. The molecule has 2 rings (SSSR count).